The van der Waals surface area contributed by atoms with Gasteiger partial charge in [-0.15, -0.1) is 21.2 Å². The molecule has 2 aromatic carbocycles. The fourth-order valence-corrected chi connectivity index (χ4v) is 6.14. The number of nitrogens with one attached hydrogen (secondary N) is 1. The summed E-state index contributed by atoms with van der Waals surface area (Å²) in [6.07, 6.45) is 8.61. The first-order valence-corrected chi connectivity index (χ1v) is 14.4. The SMILES string of the molecule is O=[P+](O)OCCCNCc1cc(F)c(SCCCCC2(c3ccccc3F)CCCCC2)cc1F. The molecule has 0 heterocycles. The van der Waals surface area contributed by atoms with Crippen LogP contribution in [0.2, 0.25) is 0 Å². The van der Waals surface area contributed by atoms with E-state index in [1.165, 1.54) is 30.3 Å². The van der Waals surface area contributed by atoms with E-state index < -0.39 is 19.9 Å². The Labute approximate surface area is 211 Å². The summed E-state index contributed by atoms with van der Waals surface area (Å²) < 4.78 is 58.6. The van der Waals surface area contributed by atoms with Gasteiger partial charge in [-0.1, -0.05) is 43.9 Å². The van der Waals surface area contributed by atoms with Crippen molar-refractivity contribution >= 4 is 20.0 Å². The Bertz CT molecular complexity index is 973. The van der Waals surface area contributed by atoms with Crippen molar-refractivity contribution in [3.05, 3.63) is 65.0 Å². The van der Waals surface area contributed by atoms with Gasteiger partial charge in [-0.05, 0) is 73.6 Å². The molecule has 0 radical (unpaired) electrons. The van der Waals surface area contributed by atoms with Crippen molar-refractivity contribution in [1.82, 2.24) is 5.32 Å². The van der Waals surface area contributed by atoms with Crippen LogP contribution in [-0.4, -0.2) is 23.8 Å². The van der Waals surface area contributed by atoms with Gasteiger partial charge in [0, 0.05) is 21.6 Å². The Morgan fingerprint density at radius 1 is 1.00 bits per heavy atom. The van der Waals surface area contributed by atoms with Crippen LogP contribution in [-0.2, 0) is 21.0 Å². The molecule has 1 saturated carbocycles. The second-order valence-corrected chi connectivity index (χ2v) is 11.0. The van der Waals surface area contributed by atoms with Crippen molar-refractivity contribution in [3.8, 4) is 0 Å². The Morgan fingerprint density at radius 2 is 1.77 bits per heavy atom. The molecule has 1 aliphatic rings. The molecule has 0 aromatic heterocycles. The van der Waals surface area contributed by atoms with Crippen LogP contribution < -0.4 is 5.32 Å². The summed E-state index contributed by atoms with van der Waals surface area (Å²) in [4.78, 5) is 8.86. The van der Waals surface area contributed by atoms with Crippen molar-refractivity contribution in [1.29, 1.82) is 0 Å². The second kappa shape index (κ2) is 14.3. The fraction of sp³-hybridized carbons (Fsp3) is 0.538. The molecule has 9 heteroatoms. The topological polar surface area (TPSA) is 58.6 Å². The Morgan fingerprint density at radius 3 is 2.51 bits per heavy atom. The molecule has 0 saturated heterocycles. The molecule has 2 aromatic rings. The molecule has 192 valence electrons. The zero-order chi connectivity index (χ0) is 25.1. The van der Waals surface area contributed by atoms with Gasteiger partial charge in [0.2, 0.25) is 0 Å². The largest absolute Gasteiger partial charge is 0.694 e. The molecule has 0 bridgehead atoms. The minimum Gasteiger partial charge on any atom is -0.312 e. The summed E-state index contributed by atoms with van der Waals surface area (Å²) in [5.74, 6) is -0.346. The van der Waals surface area contributed by atoms with E-state index >= 15 is 0 Å². The summed E-state index contributed by atoms with van der Waals surface area (Å²) >= 11 is 1.31. The van der Waals surface area contributed by atoms with Gasteiger partial charge in [0.25, 0.3) is 0 Å². The molecule has 2 N–H and O–H groups in total. The highest BCUT2D eigenvalue weighted by atomic mass is 32.2. The van der Waals surface area contributed by atoms with E-state index in [1.54, 1.807) is 12.1 Å². The number of thioether (sulfide) groups is 1. The predicted molar refractivity (Wildman–Crippen MR) is 134 cm³/mol. The highest BCUT2D eigenvalue weighted by Crippen LogP contribution is 2.44. The summed E-state index contributed by atoms with van der Waals surface area (Å²) in [5, 5.41) is 2.98. The van der Waals surface area contributed by atoms with E-state index in [1.807, 2.05) is 12.1 Å². The van der Waals surface area contributed by atoms with Crippen LogP contribution in [0.3, 0.4) is 0 Å². The average molecular weight is 529 g/mol. The molecular weight excluding hydrogens is 494 g/mol. The fourth-order valence-electron chi connectivity index (χ4n) is 4.90. The quantitative estimate of drug-likeness (QED) is 0.152. The van der Waals surface area contributed by atoms with Crippen LogP contribution in [0, 0.1) is 17.5 Å². The van der Waals surface area contributed by atoms with Gasteiger partial charge >= 0.3 is 8.25 Å². The van der Waals surface area contributed by atoms with E-state index in [0.29, 0.717) is 23.6 Å². The van der Waals surface area contributed by atoms with Crippen LogP contribution in [0.15, 0.2) is 41.3 Å². The maximum absolute atomic E-state index is 14.6. The third-order valence-corrected chi connectivity index (χ3v) is 8.20. The van der Waals surface area contributed by atoms with E-state index in [9.17, 15) is 17.7 Å². The lowest BCUT2D eigenvalue weighted by Crippen LogP contribution is -2.30. The maximum atomic E-state index is 14.6. The third-order valence-electron chi connectivity index (χ3n) is 6.68. The molecule has 1 atom stereocenters. The lowest BCUT2D eigenvalue weighted by Gasteiger charge is -2.38. The number of unbranched alkanes of at least 4 members (excludes halogenated alkanes) is 1. The van der Waals surface area contributed by atoms with Crippen LogP contribution >= 0.6 is 20.0 Å². The van der Waals surface area contributed by atoms with Gasteiger partial charge in [0.1, 0.15) is 24.1 Å². The predicted octanol–water partition coefficient (Wildman–Crippen LogP) is 7.41. The first-order valence-electron chi connectivity index (χ1n) is 12.3. The molecular formula is C26H34F3NO3PS+. The highest BCUT2D eigenvalue weighted by Gasteiger charge is 2.35. The summed E-state index contributed by atoms with van der Waals surface area (Å²) in [6.45, 7) is 0.735. The molecule has 1 aliphatic carbocycles. The average Bonchev–Trinajstić information content (AvgIpc) is 2.84. The first-order chi connectivity index (χ1) is 16.9. The van der Waals surface area contributed by atoms with Crippen molar-refractivity contribution < 1.29 is 27.2 Å². The minimum atomic E-state index is -2.61. The van der Waals surface area contributed by atoms with Crippen LogP contribution in [0.4, 0.5) is 13.2 Å². The second-order valence-electron chi connectivity index (χ2n) is 9.10. The summed E-state index contributed by atoms with van der Waals surface area (Å²) in [5.41, 5.74) is 0.966. The number of hydrogen-bond acceptors (Lipinski definition) is 4. The van der Waals surface area contributed by atoms with E-state index in [0.717, 1.165) is 50.5 Å². The van der Waals surface area contributed by atoms with Gasteiger partial charge in [0.15, 0.2) is 0 Å². The Balaban J connectivity index is 1.45. The van der Waals surface area contributed by atoms with Gasteiger partial charge in [-0.2, -0.15) is 0 Å². The number of benzene rings is 2. The number of rotatable bonds is 14. The molecule has 1 fully saturated rings. The van der Waals surface area contributed by atoms with Crippen LogP contribution in [0.1, 0.15) is 68.9 Å². The lowest BCUT2D eigenvalue weighted by molar-refractivity contribution is 0.260. The number of hydrogen-bond donors (Lipinski definition) is 2. The van der Waals surface area contributed by atoms with Crippen molar-refractivity contribution in [2.24, 2.45) is 0 Å². The van der Waals surface area contributed by atoms with Gasteiger partial charge < -0.3 is 5.32 Å². The third kappa shape index (κ3) is 8.57. The molecule has 4 nitrogen and oxygen atoms in total. The molecule has 3 rings (SSSR count). The summed E-state index contributed by atoms with van der Waals surface area (Å²) in [7, 11) is -2.61. The molecule has 35 heavy (non-hydrogen) atoms. The molecule has 0 amide bonds. The van der Waals surface area contributed by atoms with Gasteiger partial charge in [-0.25, -0.2) is 13.2 Å². The van der Waals surface area contributed by atoms with Crippen molar-refractivity contribution in [2.45, 2.75) is 74.6 Å². The zero-order valence-corrected chi connectivity index (χ0v) is 21.6. The molecule has 1 unspecified atom stereocenters. The Kier molecular flexibility index (Phi) is 11.5. The molecule has 0 spiro atoms. The monoisotopic (exact) mass is 528 g/mol. The van der Waals surface area contributed by atoms with Gasteiger partial charge in [-0.3, -0.25) is 0 Å². The molecule has 0 aliphatic heterocycles. The lowest BCUT2D eigenvalue weighted by atomic mass is 9.66. The minimum absolute atomic E-state index is 0.109. The normalized spacial score (nSPS) is 15.8. The number of halogens is 3. The van der Waals surface area contributed by atoms with Crippen LogP contribution in [0.5, 0.6) is 0 Å². The maximum Gasteiger partial charge on any atom is 0.694 e. The first kappa shape index (κ1) is 28.1. The van der Waals surface area contributed by atoms with Crippen LogP contribution in [0.25, 0.3) is 0 Å². The van der Waals surface area contributed by atoms with Gasteiger partial charge in [0.05, 0.1) is 0 Å². The zero-order valence-electron chi connectivity index (χ0n) is 19.9. The van der Waals surface area contributed by atoms with Crippen molar-refractivity contribution in [2.75, 3.05) is 18.9 Å². The van der Waals surface area contributed by atoms with E-state index in [2.05, 4.69) is 9.84 Å². The smallest absolute Gasteiger partial charge is 0.312 e. The standard InChI is InChI=1S/C26H33F3NO3PS/c27-22-10-3-2-9-21(22)26(11-4-1-5-12-26)13-6-7-16-35-25-18-23(28)20(17-24(25)29)19-30-14-8-15-33-34(31)32/h2-3,9-10,17-18,30H,1,4-8,11-16,19H2/p+1. The van der Waals surface area contributed by atoms with Crippen molar-refractivity contribution in [3.63, 3.8) is 0 Å². The Hall–Kier alpha value is -1.44. The highest BCUT2D eigenvalue weighted by molar-refractivity contribution is 7.99. The van der Waals surface area contributed by atoms with E-state index in [4.69, 9.17) is 4.89 Å². The summed E-state index contributed by atoms with van der Waals surface area (Å²) in [6, 6.07) is 9.60. The van der Waals surface area contributed by atoms with E-state index in [-0.39, 0.29) is 29.9 Å².